The van der Waals surface area contributed by atoms with E-state index >= 15 is 0 Å². The van der Waals surface area contributed by atoms with E-state index in [0.717, 1.165) is 20.8 Å². The highest BCUT2D eigenvalue weighted by molar-refractivity contribution is 6.23. The van der Waals surface area contributed by atoms with E-state index in [1.54, 1.807) is 34.3 Å². The van der Waals surface area contributed by atoms with Gasteiger partial charge in [-0.05, 0) is 42.0 Å². The molecule has 2 aromatic carbocycles. The number of anilines is 2. The van der Waals surface area contributed by atoms with Gasteiger partial charge in [0.2, 0.25) is 5.91 Å². The second-order valence-electron chi connectivity index (χ2n) is 11.1. The van der Waals surface area contributed by atoms with Gasteiger partial charge in [0.25, 0.3) is 5.91 Å². The molecule has 0 aromatic heterocycles. The van der Waals surface area contributed by atoms with Gasteiger partial charge in [-0.25, -0.2) is 0 Å². The summed E-state index contributed by atoms with van der Waals surface area (Å²) in [6.45, 7) is 4.44. The molecule has 0 radical (unpaired) electrons. The number of esters is 3. The van der Waals surface area contributed by atoms with Crippen LogP contribution in [0.3, 0.4) is 0 Å². The Balaban J connectivity index is 2.07. The molecular formula is C31H33N3O10. The highest BCUT2D eigenvalue weighted by Gasteiger charge is 2.50. The molecule has 232 valence electrons. The molecule has 0 saturated carbocycles. The average molecular weight is 608 g/mol. The predicted molar refractivity (Wildman–Crippen MR) is 157 cm³/mol. The van der Waals surface area contributed by atoms with Crippen LogP contribution in [0.15, 0.2) is 12.1 Å². The van der Waals surface area contributed by atoms with Crippen molar-refractivity contribution in [1.82, 2.24) is 5.32 Å². The summed E-state index contributed by atoms with van der Waals surface area (Å²) in [6, 6.07) is 3.23. The number of hydrogen-bond donors (Lipinski definition) is 1. The second-order valence-corrected chi connectivity index (χ2v) is 11.1. The van der Waals surface area contributed by atoms with Gasteiger partial charge >= 0.3 is 17.9 Å². The lowest BCUT2D eigenvalue weighted by Gasteiger charge is -2.39. The Labute approximate surface area is 253 Å². The van der Waals surface area contributed by atoms with Gasteiger partial charge in [0.15, 0.2) is 23.1 Å². The number of imide groups is 1. The van der Waals surface area contributed by atoms with Gasteiger partial charge in [0.1, 0.15) is 11.3 Å². The van der Waals surface area contributed by atoms with Crippen LogP contribution in [0.5, 0.6) is 17.2 Å². The largest absolute Gasteiger partial charge is 0.426 e. The zero-order valence-corrected chi connectivity index (χ0v) is 25.7. The third-order valence-electron chi connectivity index (χ3n) is 7.39. The molecule has 2 amide bonds. The first kappa shape index (κ1) is 31.9. The summed E-state index contributed by atoms with van der Waals surface area (Å²) < 4.78 is 16.3. The van der Waals surface area contributed by atoms with Crippen molar-refractivity contribution in [3.8, 4) is 17.2 Å². The molecule has 0 spiro atoms. The average Bonchev–Trinajstić information content (AvgIpc) is 2.86. The third kappa shape index (κ3) is 5.64. The smallest absolute Gasteiger partial charge is 0.308 e. The lowest BCUT2D eigenvalue weighted by atomic mass is 9.64. The fraction of sp³-hybridized carbons (Fsp3) is 0.387. The number of hydrogen-bond acceptors (Lipinski definition) is 12. The molecule has 2 atom stereocenters. The molecule has 4 rings (SSSR count). The molecule has 0 heterocycles. The number of carbonyl (C=O) groups is 7. The van der Waals surface area contributed by atoms with E-state index in [9.17, 15) is 33.6 Å². The van der Waals surface area contributed by atoms with Gasteiger partial charge in [-0.3, -0.25) is 38.9 Å². The zero-order valence-electron chi connectivity index (χ0n) is 25.7. The molecule has 0 bridgehead atoms. The van der Waals surface area contributed by atoms with Gasteiger partial charge in [-0.2, -0.15) is 0 Å². The maximum absolute atomic E-state index is 14.5. The summed E-state index contributed by atoms with van der Waals surface area (Å²) in [4.78, 5) is 93.9. The molecule has 0 fully saturated rings. The van der Waals surface area contributed by atoms with Crippen molar-refractivity contribution in [3.63, 3.8) is 0 Å². The minimum atomic E-state index is -1.28. The molecule has 2 aromatic rings. The summed E-state index contributed by atoms with van der Waals surface area (Å²) in [7, 11) is 6.81. The van der Waals surface area contributed by atoms with Crippen LogP contribution in [-0.4, -0.2) is 69.5 Å². The first-order chi connectivity index (χ1) is 20.5. The van der Waals surface area contributed by atoms with Crippen LogP contribution < -0.4 is 29.3 Å². The van der Waals surface area contributed by atoms with Crippen LogP contribution in [0.25, 0.3) is 0 Å². The maximum Gasteiger partial charge on any atom is 0.308 e. The highest BCUT2D eigenvalue weighted by atomic mass is 16.5. The van der Waals surface area contributed by atoms with Crippen molar-refractivity contribution < 1.29 is 47.8 Å². The summed E-state index contributed by atoms with van der Waals surface area (Å²) in [5.41, 5.74) is 1.12. The monoisotopic (exact) mass is 607 g/mol. The van der Waals surface area contributed by atoms with Crippen molar-refractivity contribution >= 4 is 52.7 Å². The fourth-order valence-corrected chi connectivity index (χ4v) is 6.03. The Kier molecular flexibility index (Phi) is 8.62. The van der Waals surface area contributed by atoms with Crippen molar-refractivity contribution in [2.45, 2.75) is 40.5 Å². The van der Waals surface area contributed by atoms with Gasteiger partial charge in [0.05, 0.1) is 22.7 Å². The van der Waals surface area contributed by atoms with E-state index < -0.39 is 64.4 Å². The molecule has 1 N–H and O–H groups in total. The maximum atomic E-state index is 14.5. The van der Waals surface area contributed by atoms with E-state index in [-0.39, 0.29) is 41.2 Å². The van der Waals surface area contributed by atoms with E-state index in [0.29, 0.717) is 16.8 Å². The normalized spacial score (nSPS) is 16.5. The van der Waals surface area contributed by atoms with Crippen LogP contribution in [0.1, 0.15) is 69.9 Å². The van der Waals surface area contributed by atoms with Crippen molar-refractivity contribution in [3.05, 3.63) is 39.9 Å². The number of ketones is 2. The van der Waals surface area contributed by atoms with Crippen LogP contribution in [0.2, 0.25) is 0 Å². The first-order valence-electron chi connectivity index (χ1n) is 13.7. The molecule has 13 nitrogen and oxygen atoms in total. The number of Topliss-reactive ketones (excluding diaryl/α,β-unsaturated/α-hetero) is 2. The summed E-state index contributed by atoms with van der Waals surface area (Å²) in [5, 5.41) is 2.08. The molecule has 0 saturated heterocycles. The Hall–Kier alpha value is -5.07. The summed E-state index contributed by atoms with van der Waals surface area (Å²) in [6.07, 6.45) is 0.330. The molecule has 13 heteroatoms. The number of carbonyl (C=O) groups excluding carboxylic acids is 7. The Morgan fingerprint density at radius 3 is 1.80 bits per heavy atom. The highest BCUT2D eigenvalue weighted by Crippen LogP contribution is 2.52. The summed E-state index contributed by atoms with van der Waals surface area (Å²) >= 11 is 0. The van der Waals surface area contributed by atoms with Crippen molar-refractivity contribution in [2.24, 2.45) is 11.8 Å². The number of ether oxygens (including phenoxy) is 3. The Bertz CT molecular complexity index is 1660. The topological polar surface area (TPSA) is 166 Å². The lowest BCUT2D eigenvalue weighted by molar-refractivity contribution is -0.133. The second kappa shape index (κ2) is 11.9. The number of fused-ring (bicyclic) bond motifs is 3. The SMILES string of the molecule is CC(=O)NC(=O)c1c(OC(C)=O)c2c(c(N(C)C)c1OC(C)=O)CC1Cc3c(N(C)C)ccc(OC(C)=O)c3C(=O)C1C2=O. The summed E-state index contributed by atoms with van der Waals surface area (Å²) in [5.74, 6) is -8.23. The van der Waals surface area contributed by atoms with Crippen molar-refractivity contribution in [2.75, 3.05) is 38.0 Å². The van der Waals surface area contributed by atoms with Gasteiger partial charge in [-0.1, -0.05) is 0 Å². The van der Waals surface area contributed by atoms with Crippen LogP contribution in [0, 0.1) is 11.8 Å². The molecule has 2 aliphatic carbocycles. The predicted octanol–water partition coefficient (Wildman–Crippen LogP) is 2.28. The molecular weight excluding hydrogens is 574 g/mol. The van der Waals surface area contributed by atoms with Gasteiger partial charge < -0.3 is 24.0 Å². The molecule has 2 aliphatic rings. The third-order valence-corrected chi connectivity index (χ3v) is 7.39. The Morgan fingerprint density at radius 2 is 1.27 bits per heavy atom. The Morgan fingerprint density at radius 1 is 0.727 bits per heavy atom. The van der Waals surface area contributed by atoms with Crippen LogP contribution >= 0.6 is 0 Å². The van der Waals surface area contributed by atoms with E-state index in [1.165, 1.54) is 17.9 Å². The van der Waals surface area contributed by atoms with E-state index in [2.05, 4.69) is 5.32 Å². The van der Waals surface area contributed by atoms with Crippen molar-refractivity contribution in [1.29, 1.82) is 0 Å². The number of benzene rings is 2. The first-order valence-corrected chi connectivity index (χ1v) is 13.7. The molecule has 44 heavy (non-hydrogen) atoms. The van der Waals surface area contributed by atoms with E-state index in [4.69, 9.17) is 14.2 Å². The van der Waals surface area contributed by atoms with Crippen LogP contribution in [-0.2, 0) is 32.0 Å². The number of nitrogens with one attached hydrogen (secondary N) is 1. The fourth-order valence-electron chi connectivity index (χ4n) is 6.03. The van der Waals surface area contributed by atoms with Crippen LogP contribution in [0.4, 0.5) is 11.4 Å². The van der Waals surface area contributed by atoms with Gasteiger partial charge in [0, 0.05) is 61.6 Å². The van der Waals surface area contributed by atoms with Gasteiger partial charge in [-0.15, -0.1) is 0 Å². The number of amides is 2. The zero-order chi connectivity index (χ0) is 32.8. The lowest BCUT2D eigenvalue weighted by Crippen LogP contribution is -2.43. The number of rotatable bonds is 6. The number of nitrogens with zero attached hydrogens (tertiary/aromatic N) is 2. The molecule has 2 unspecified atom stereocenters. The minimum absolute atomic E-state index is 0.0149. The molecule has 0 aliphatic heterocycles. The quantitative estimate of drug-likeness (QED) is 0.290. The standard InChI is InChI=1S/C31H33N3O10/c1-13(35)32-31(41)25-29(43-15(3)37)24-19(26(34(7)8)30(25)44-16(4)38)12-17-11-18-20(33(5)6)9-10-21(42-14(2)36)23(18)27(39)22(17)28(24)40/h9-10,17,22H,11-12H2,1-8H3,(H,32,35,41). The minimum Gasteiger partial charge on any atom is -0.426 e. The van der Waals surface area contributed by atoms with E-state index in [1.807, 2.05) is 4.90 Å².